The van der Waals surface area contributed by atoms with E-state index < -0.39 is 0 Å². The summed E-state index contributed by atoms with van der Waals surface area (Å²) in [5.74, 6) is 1.13. The topological polar surface area (TPSA) is 62.9 Å². The number of likely N-dealkylation sites (N-methyl/N-ethyl adjacent to an activating group) is 1. The number of nitrogens with one attached hydrogen (secondary N) is 2. The van der Waals surface area contributed by atoms with Gasteiger partial charge in [0.05, 0.1) is 0 Å². The Kier molecular flexibility index (Phi) is 58.0. The summed E-state index contributed by atoms with van der Waals surface area (Å²) >= 11 is 0. The average Bonchev–Trinajstić information content (AvgIpc) is 0.674. The zero-order valence-electron chi connectivity index (χ0n) is 111. The molecule has 0 unspecified atom stereocenters. The molecule has 11 heteroatoms. The van der Waals surface area contributed by atoms with Crippen molar-refractivity contribution in [2.75, 3.05) is 37.5 Å². The van der Waals surface area contributed by atoms with E-state index in [0.717, 1.165) is 18.1 Å². The minimum Gasteiger partial charge on any atom is -0.367 e. The predicted molar refractivity (Wildman–Crippen MR) is 673 cm³/mol. The fourth-order valence-corrected chi connectivity index (χ4v) is 31.1. The van der Waals surface area contributed by atoms with Crippen LogP contribution in [0.5, 0.6) is 0 Å². The third-order valence-electron chi connectivity index (χ3n) is 39.3. The normalized spacial score (nSPS) is 21.8. The highest BCUT2D eigenvalue weighted by molar-refractivity contribution is 5.63. The van der Waals surface area contributed by atoms with Crippen LogP contribution >= 0.6 is 0 Å². The summed E-state index contributed by atoms with van der Waals surface area (Å²) in [7, 11) is 7.03. The lowest BCUT2D eigenvalue weighted by molar-refractivity contribution is -0.253. The van der Waals surface area contributed by atoms with Crippen LogP contribution in [0, 0.1) is 0 Å². The Balaban J connectivity index is 0.000000563. The highest BCUT2D eigenvalue weighted by atomic mass is 15.5. The van der Waals surface area contributed by atoms with Crippen LogP contribution in [0.2, 0.25) is 0 Å². The van der Waals surface area contributed by atoms with Crippen molar-refractivity contribution in [3.8, 4) is 0 Å². The number of piperazine rings is 1. The molecule has 6 heterocycles. The first-order chi connectivity index (χ1) is 68.5. The summed E-state index contributed by atoms with van der Waals surface area (Å²) in [4.78, 5) is 26.2. The van der Waals surface area contributed by atoms with Gasteiger partial charge in [-0.05, 0) is 468 Å². The number of hydrogen-bond donors (Lipinski definition) is 2. The molecule has 0 atom stereocenters. The van der Waals surface area contributed by atoms with Gasteiger partial charge in [0, 0.05) is 159 Å². The molecule has 1 aromatic heterocycles. The SMILES string of the molecule is CC(C)(C)N(C1CCCCC1)C(C)(C)C.CC(C)(C)c1cccc(C(C)(C)C)n1.CC(C)N(c1ccccc1)C(C)C.CC(C)c1cccc(C(C)C)c1N(C(C)C)C(C)C.CC1(C)CCCC(C)(C)N1.CCC1(CC)CCCC(CC)(CC)N1.CCC1(CC)CCCC(CC)(CC)N1C.CCC1(CC)N(C)C(CC)(CC)C(C)(C)N(C(C)(C)C)C1(C)C.CCN(C1CCCCC1)C1CCCCC1.CN1C(C)(C)CCCC1(C)C. The molecule has 8 aliphatic rings. The Morgan fingerprint density at radius 1 is 0.322 bits per heavy atom. The second kappa shape index (κ2) is 60.9. The Morgan fingerprint density at radius 2 is 0.631 bits per heavy atom. The molecule has 11 nitrogen and oxygen atoms in total. The second-order valence-electron chi connectivity index (χ2n) is 58.6. The van der Waals surface area contributed by atoms with Gasteiger partial charge in [-0.3, -0.25) is 34.4 Å². The van der Waals surface area contributed by atoms with E-state index in [1.165, 1.54) is 291 Å². The number of rotatable bonds is 24. The third-order valence-corrected chi connectivity index (χ3v) is 39.3. The van der Waals surface area contributed by atoms with E-state index in [0.29, 0.717) is 91.4 Å². The van der Waals surface area contributed by atoms with Crippen molar-refractivity contribution < 1.29 is 0 Å². The summed E-state index contributed by atoms with van der Waals surface area (Å²) in [5, 5.41) is 7.61. The number of benzene rings is 2. The van der Waals surface area contributed by atoms with Crippen LogP contribution in [0.4, 0.5) is 11.4 Å². The Hall–Kier alpha value is -3.13. The number of likely N-dealkylation sites (tertiary alicyclic amines) is 2. The molecule has 5 saturated heterocycles. The van der Waals surface area contributed by atoms with Gasteiger partial charge in [0.2, 0.25) is 0 Å². The lowest BCUT2D eigenvalue weighted by atomic mass is 9.58. The van der Waals surface area contributed by atoms with E-state index in [2.05, 4.69) is 498 Å². The van der Waals surface area contributed by atoms with E-state index >= 15 is 0 Å². The van der Waals surface area contributed by atoms with Crippen LogP contribution in [0.3, 0.4) is 0 Å². The zero-order chi connectivity index (χ0) is 115. The summed E-state index contributed by atoms with van der Waals surface area (Å²) < 4.78 is 0. The van der Waals surface area contributed by atoms with Crippen molar-refractivity contribution >= 4 is 11.4 Å². The van der Waals surface area contributed by atoms with Gasteiger partial charge in [-0.1, -0.05) is 259 Å². The Morgan fingerprint density at radius 3 is 0.893 bits per heavy atom. The van der Waals surface area contributed by atoms with Gasteiger partial charge < -0.3 is 20.4 Å². The van der Waals surface area contributed by atoms with E-state index in [-0.39, 0.29) is 38.5 Å². The lowest BCUT2D eigenvalue weighted by Crippen LogP contribution is -2.87. The molecule has 0 radical (unpaired) electrons. The van der Waals surface area contributed by atoms with Gasteiger partial charge in [-0.15, -0.1) is 0 Å². The highest BCUT2D eigenvalue weighted by Gasteiger charge is 2.68. The molecule has 8 fully saturated rings. The largest absolute Gasteiger partial charge is 0.367 e. The van der Waals surface area contributed by atoms with Gasteiger partial charge in [0.25, 0.3) is 0 Å². The average molecular weight is 2080 g/mol. The number of anilines is 2. The molecule has 3 aromatic rings. The van der Waals surface area contributed by atoms with Crippen molar-refractivity contribution in [1.29, 1.82) is 0 Å². The van der Waals surface area contributed by atoms with E-state index in [1.54, 1.807) is 0 Å². The maximum atomic E-state index is 4.72. The minimum atomic E-state index is 0.112. The van der Waals surface area contributed by atoms with Crippen LogP contribution in [0.25, 0.3) is 0 Å². The number of para-hydroxylation sites is 2. The summed E-state index contributed by atoms with van der Waals surface area (Å²) in [6.45, 7) is 122. The highest BCUT2D eigenvalue weighted by Crippen LogP contribution is 2.59. The molecule has 3 aliphatic carbocycles. The molecule has 0 amide bonds. The molecule has 0 spiro atoms. The van der Waals surface area contributed by atoms with E-state index in [9.17, 15) is 0 Å². The fraction of sp³-hybridized carbons (Fsp3) is 0.877. The molecule has 11 rings (SSSR count). The third kappa shape index (κ3) is 39.1. The smallest absolute Gasteiger partial charge is 0.0460 e. The molecule has 2 N–H and O–H groups in total. The molecule has 5 aliphatic heterocycles. The second-order valence-corrected chi connectivity index (χ2v) is 58.6. The van der Waals surface area contributed by atoms with Gasteiger partial charge in [0.15, 0.2) is 0 Å². The van der Waals surface area contributed by atoms with Crippen molar-refractivity contribution in [3.63, 3.8) is 0 Å². The maximum Gasteiger partial charge on any atom is 0.0460 e. The molecule has 874 valence electrons. The monoisotopic (exact) mass is 2080 g/mol. The van der Waals surface area contributed by atoms with E-state index in [1.807, 2.05) is 0 Å². The predicted octanol–water partition coefficient (Wildman–Crippen LogP) is 39.5. The summed E-state index contributed by atoms with van der Waals surface area (Å²) in [6.07, 6.45) is 53.5. The minimum absolute atomic E-state index is 0.112. The van der Waals surface area contributed by atoms with Crippen molar-refractivity contribution in [2.45, 2.75) is 758 Å². The van der Waals surface area contributed by atoms with Gasteiger partial charge in [-0.25, -0.2) is 0 Å². The van der Waals surface area contributed by atoms with Crippen LogP contribution < -0.4 is 20.4 Å². The molecule has 0 bridgehead atoms. The van der Waals surface area contributed by atoms with Crippen molar-refractivity contribution in [2.24, 2.45) is 0 Å². The molecule has 149 heavy (non-hydrogen) atoms. The first-order valence-electron chi connectivity index (χ1n) is 63.4. The standard InChI is InChI=1S/C21H44N2.C18H31N.C14H27N.2C14H29N.C13H21N.C13H27N.C12H19N.C10H21N.C9H19N/c1-13-20(14-2)18(8,9)23(17(5,6)7)19(10,11)21(15-3,16-4)22(20)12;1-12(2)16-10-9-11-17(13(3)4)18(16)19(14(5)6)15(7)8;1-2-15(13-9-5-3-6-10-13)14-11-7-4-8-12-14;1-13(2,3)15(14(4,5)6)12-10-8-7-9-11-12;1-6-13(7-2)11-10-12-14(8-3,9-4)15(13)5;1-12(2,3)10-8-7-9-11(14-10)13(4,5)6;1-5-12(6-2)10-9-11-13(7-3,8-4)14-12;1-10(2)13(11(3)4)12-8-6-5-7-9-12;1-9(2)7-6-8-10(3,4)11(9)5;1-8(2)6-5-7-9(3,4)10-8/h13-16H2,1-12H3;9-15H,1-8H3;13-14H,2-12H2,1H3;12H,7-11H2,1-6H3;6-12H2,1-5H3;7-9H,1-6H3;14H,5-11H2,1-4H3;5-11H,1-4H3;6-8H2,1-5H3;10H,5-7H2,1-4H3. The fourth-order valence-electron chi connectivity index (χ4n) is 31.1. The number of aromatic nitrogens is 1. The van der Waals surface area contributed by atoms with Crippen LogP contribution in [-0.4, -0.2) is 187 Å². The Labute approximate surface area is 935 Å². The number of hydrogen-bond acceptors (Lipinski definition) is 11. The Bertz CT molecular complexity index is 3830. The number of piperidine rings is 4. The van der Waals surface area contributed by atoms with Crippen molar-refractivity contribution in [3.05, 3.63) is 89.2 Å². The first kappa shape index (κ1) is 142. The van der Waals surface area contributed by atoms with Gasteiger partial charge in [-0.2, -0.15) is 0 Å². The first-order valence-corrected chi connectivity index (χ1v) is 63.4. The summed E-state index contributed by atoms with van der Waals surface area (Å²) in [6, 6.07) is 28.5. The van der Waals surface area contributed by atoms with Crippen LogP contribution in [0.1, 0.15) is 645 Å². The van der Waals surface area contributed by atoms with Gasteiger partial charge in [0.1, 0.15) is 0 Å². The van der Waals surface area contributed by atoms with Crippen LogP contribution in [0.15, 0.2) is 66.7 Å². The number of nitrogens with zero attached hydrogens (tertiary/aromatic N) is 9. The van der Waals surface area contributed by atoms with Gasteiger partial charge >= 0.3 is 0 Å². The molecular weight excluding hydrogens is 1810 g/mol. The quantitative estimate of drug-likeness (QED) is 0.0902. The zero-order valence-corrected chi connectivity index (χ0v) is 111. The maximum absolute atomic E-state index is 4.72. The summed E-state index contributed by atoms with van der Waals surface area (Å²) in [5.41, 5.74) is 13.1. The molecular formula is C138H267N11. The lowest BCUT2D eigenvalue weighted by Gasteiger charge is -2.76. The van der Waals surface area contributed by atoms with Crippen molar-refractivity contribution in [1.82, 2.24) is 45.0 Å². The molecule has 2 aromatic carbocycles. The van der Waals surface area contributed by atoms with E-state index in [4.69, 9.17) is 4.98 Å². The molecule has 3 saturated carbocycles. The van der Waals surface area contributed by atoms with Crippen LogP contribution in [-0.2, 0) is 10.8 Å². The number of pyridine rings is 1.